The quantitative estimate of drug-likeness (QED) is 0.830. The number of aromatic nitrogens is 1. The van der Waals surface area contributed by atoms with E-state index in [1.165, 1.54) is 30.5 Å². The molecule has 1 heterocycles. The Kier molecular flexibility index (Phi) is 6.03. The first-order chi connectivity index (χ1) is 9.83. The van der Waals surface area contributed by atoms with Crippen LogP contribution in [0.15, 0.2) is 42.6 Å². The minimum Gasteiger partial charge on any atom is -1.00 e. The third-order valence-corrected chi connectivity index (χ3v) is 2.55. The van der Waals surface area contributed by atoms with Gasteiger partial charge in [-0.3, -0.25) is 9.78 Å². The van der Waals surface area contributed by atoms with E-state index in [2.05, 4.69) is 9.72 Å². The van der Waals surface area contributed by atoms with E-state index in [4.69, 9.17) is 5.11 Å². The molecular weight excluding hydrogens is 294 g/mol. The fraction of sp³-hybridized carbons (Fsp3) is 0.143. The second kappa shape index (κ2) is 7.34. The Hall–Kier alpha value is -1.97. The molecule has 0 fully saturated rings. The summed E-state index contributed by atoms with van der Waals surface area (Å²) in [6.45, 7) is 0. The van der Waals surface area contributed by atoms with Crippen LogP contribution in [0.2, 0.25) is 0 Å². The van der Waals surface area contributed by atoms with Crippen LogP contribution in [0.4, 0.5) is 13.2 Å². The second-order valence-electron chi connectivity index (χ2n) is 4.18. The zero-order valence-electron chi connectivity index (χ0n) is 12.6. The van der Waals surface area contributed by atoms with Gasteiger partial charge in [0.05, 0.1) is 12.1 Å². The van der Waals surface area contributed by atoms with Crippen molar-refractivity contribution in [2.75, 3.05) is 0 Å². The molecule has 0 atom stereocenters. The maximum absolute atomic E-state index is 12.2. The van der Waals surface area contributed by atoms with Gasteiger partial charge in [0.2, 0.25) is 0 Å². The second-order valence-corrected chi connectivity index (χ2v) is 4.18. The molecule has 0 aliphatic rings. The summed E-state index contributed by atoms with van der Waals surface area (Å²) in [5.74, 6) is -1.37. The number of carboxylic acid groups (broad SMARTS) is 1. The van der Waals surface area contributed by atoms with Crippen LogP contribution in [0.1, 0.15) is 7.12 Å². The molecule has 112 valence electrons. The molecule has 1 N–H and O–H groups in total. The molecule has 1 aromatic heterocycles. The fourth-order valence-electron chi connectivity index (χ4n) is 1.78. The van der Waals surface area contributed by atoms with E-state index < -0.39 is 12.3 Å². The van der Waals surface area contributed by atoms with Gasteiger partial charge in [-0.05, 0) is 35.4 Å². The average Bonchev–Trinajstić information content (AvgIpc) is 2.36. The zero-order valence-corrected chi connectivity index (χ0v) is 11.6. The van der Waals surface area contributed by atoms with Crippen LogP contribution in [0.3, 0.4) is 0 Å². The molecule has 0 unspecified atom stereocenters. The zero-order chi connectivity index (χ0) is 15.5. The Bertz CT molecular complexity index is 668. The molecule has 2 aromatic rings. The van der Waals surface area contributed by atoms with Crippen molar-refractivity contribution in [2.45, 2.75) is 12.8 Å². The van der Waals surface area contributed by atoms with E-state index in [-0.39, 0.29) is 32.5 Å². The summed E-state index contributed by atoms with van der Waals surface area (Å²) >= 11 is 0. The Morgan fingerprint density at radius 2 is 1.91 bits per heavy atom. The SMILES string of the molecule is O=C(O)Cc1cc(-c2cccc(OC(F)(F)F)c2)ccn1.[H-].[Li+]. The summed E-state index contributed by atoms with van der Waals surface area (Å²) in [7, 11) is 0. The van der Waals surface area contributed by atoms with Crippen molar-refractivity contribution in [3.63, 3.8) is 0 Å². The number of hydrogen-bond donors (Lipinski definition) is 1. The van der Waals surface area contributed by atoms with Crippen LogP contribution < -0.4 is 23.6 Å². The first-order valence-electron chi connectivity index (χ1n) is 5.86. The molecule has 0 bridgehead atoms. The summed E-state index contributed by atoms with van der Waals surface area (Å²) in [6.07, 6.45) is -3.61. The maximum Gasteiger partial charge on any atom is 1.00 e. The summed E-state index contributed by atoms with van der Waals surface area (Å²) in [5.41, 5.74) is 1.36. The van der Waals surface area contributed by atoms with Gasteiger partial charge in [-0.1, -0.05) is 12.1 Å². The van der Waals surface area contributed by atoms with Gasteiger partial charge in [0.1, 0.15) is 5.75 Å². The van der Waals surface area contributed by atoms with Gasteiger partial charge in [0.25, 0.3) is 0 Å². The number of nitrogens with zero attached hydrogens (tertiary/aromatic N) is 1. The summed E-state index contributed by atoms with van der Waals surface area (Å²) in [6, 6.07) is 8.54. The van der Waals surface area contributed by atoms with Crippen molar-refractivity contribution in [1.29, 1.82) is 0 Å². The molecule has 0 amide bonds. The smallest absolute Gasteiger partial charge is 1.00 e. The van der Waals surface area contributed by atoms with Crippen molar-refractivity contribution >= 4 is 5.97 Å². The Morgan fingerprint density at radius 1 is 1.23 bits per heavy atom. The van der Waals surface area contributed by atoms with E-state index >= 15 is 0 Å². The number of hydrogen-bond acceptors (Lipinski definition) is 3. The topological polar surface area (TPSA) is 59.4 Å². The number of rotatable bonds is 4. The van der Waals surface area contributed by atoms with Crippen molar-refractivity contribution in [3.05, 3.63) is 48.3 Å². The van der Waals surface area contributed by atoms with E-state index in [1.54, 1.807) is 12.1 Å². The molecule has 4 nitrogen and oxygen atoms in total. The largest absolute Gasteiger partial charge is 1.00 e. The van der Waals surface area contributed by atoms with Gasteiger partial charge in [-0.25, -0.2) is 0 Å². The maximum atomic E-state index is 12.2. The van der Waals surface area contributed by atoms with E-state index in [0.29, 0.717) is 16.8 Å². The average molecular weight is 305 g/mol. The number of halogens is 3. The number of aliphatic carboxylic acids is 1. The van der Waals surface area contributed by atoms with Crippen molar-refractivity contribution in [2.24, 2.45) is 0 Å². The van der Waals surface area contributed by atoms with Gasteiger partial charge in [0.15, 0.2) is 0 Å². The van der Waals surface area contributed by atoms with Crippen LogP contribution in [-0.4, -0.2) is 22.4 Å². The number of carbonyl (C=O) groups is 1. The number of carboxylic acids is 1. The molecule has 0 saturated heterocycles. The van der Waals surface area contributed by atoms with Gasteiger partial charge >= 0.3 is 31.2 Å². The third kappa shape index (κ3) is 5.43. The van der Waals surface area contributed by atoms with Crippen LogP contribution in [0.25, 0.3) is 11.1 Å². The predicted octanol–water partition coefficient (Wildman–Crippen LogP) is 0.391. The molecule has 0 aliphatic carbocycles. The van der Waals surface area contributed by atoms with Crippen LogP contribution in [0.5, 0.6) is 5.75 Å². The van der Waals surface area contributed by atoms with Crippen molar-refractivity contribution in [3.8, 4) is 16.9 Å². The molecular formula is C14H11F3LiNO3. The molecule has 8 heteroatoms. The van der Waals surface area contributed by atoms with Gasteiger partial charge in [-0.2, -0.15) is 0 Å². The fourth-order valence-corrected chi connectivity index (χ4v) is 1.78. The standard InChI is InChI=1S/C14H10F3NO3.Li.H/c15-14(16,17)21-12-3-1-2-9(7-12)10-4-5-18-11(6-10)8-13(19)20;;/h1-7H,8H2,(H,19,20);;/q;+1;-1. The Labute approximate surface area is 137 Å². The minimum atomic E-state index is -4.76. The normalized spacial score (nSPS) is 10.7. The monoisotopic (exact) mass is 305 g/mol. The van der Waals surface area contributed by atoms with E-state index in [1.807, 2.05) is 0 Å². The summed E-state index contributed by atoms with van der Waals surface area (Å²) < 4.78 is 40.4. The van der Waals surface area contributed by atoms with Gasteiger partial charge < -0.3 is 11.3 Å². The van der Waals surface area contributed by atoms with Crippen LogP contribution >= 0.6 is 0 Å². The molecule has 1 aromatic carbocycles. The van der Waals surface area contributed by atoms with Crippen molar-refractivity contribution in [1.82, 2.24) is 4.98 Å². The molecule has 0 aliphatic heterocycles. The van der Waals surface area contributed by atoms with E-state index in [0.717, 1.165) is 0 Å². The number of ether oxygens (including phenoxy) is 1. The van der Waals surface area contributed by atoms with Crippen molar-refractivity contribution < 1.29 is 48.1 Å². The molecule has 0 saturated carbocycles. The predicted molar refractivity (Wildman–Crippen MR) is 68.8 cm³/mol. The summed E-state index contributed by atoms with van der Waals surface area (Å²) in [5, 5.41) is 8.72. The molecule has 0 spiro atoms. The number of pyridine rings is 1. The Morgan fingerprint density at radius 3 is 2.55 bits per heavy atom. The number of alkyl halides is 3. The van der Waals surface area contributed by atoms with Crippen LogP contribution in [-0.2, 0) is 11.2 Å². The Balaban J connectivity index is 0.00000242. The third-order valence-electron chi connectivity index (χ3n) is 2.55. The van der Waals surface area contributed by atoms with Crippen LogP contribution in [0, 0.1) is 0 Å². The van der Waals surface area contributed by atoms with Gasteiger partial charge in [-0.15, -0.1) is 13.2 Å². The minimum absolute atomic E-state index is 0. The van der Waals surface area contributed by atoms with E-state index in [9.17, 15) is 18.0 Å². The number of benzene rings is 1. The summed E-state index contributed by atoms with van der Waals surface area (Å²) in [4.78, 5) is 14.5. The molecule has 22 heavy (non-hydrogen) atoms. The first kappa shape index (κ1) is 18.1. The first-order valence-corrected chi connectivity index (χ1v) is 5.86. The van der Waals surface area contributed by atoms with Gasteiger partial charge in [0, 0.05) is 6.20 Å². The molecule has 2 rings (SSSR count). The molecule has 0 radical (unpaired) electrons.